The molecule has 0 N–H and O–H groups in total. The maximum absolute atomic E-state index is 12.1. The fourth-order valence-corrected chi connectivity index (χ4v) is 2.60. The number of aromatic nitrogens is 2. The smallest absolute Gasteiger partial charge is 0.330 e. The van der Waals surface area contributed by atoms with Crippen LogP contribution in [0.15, 0.2) is 29.1 Å². The van der Waals surface area contributed by atoms with Gasteiger partial charge < -0.3 is 4.74 Å². The highest BCUT2D eigenvalue weighted by atomic mass is 16.5. The third kappa shape index (κ3) is 3.33. The van der Waals surface area contributed by atoms with Crippen molar-refractivity contribution in [1.82, 2.24) is 9.78 Å². The first-order valence-electron chi connectivity index (χ1n) is 7.65. The zero-order chi connectivity index (χ0) is 17.1. The molecular formula is C18H22N2O3. The molecule has 0 radical (unpaired) electrons. The van der Waals surface area contributed by atoms with Gasteiger partial charge in [0.05, 0.1) is 12.8 Å². The van der Waals surface area contributed by atoms with Gasteiger partial charge >= 0.3 is 5.97 Å². The van der Waals surface area contributed by atoms with Crippen molar-refractivity contribution < 1.29 is 9.53 Å². The summed E-state index contributed by atoms with van der Waals surface area (Å²) in [5, 5.41) is 4.42. The van der Waals surface area contributed by atoms with E-state index < -0.39 is 12.0 Å². The minimum atomic E-state index is -0.709. The summed E-state index contributed by atoms with van der Waals surface area (Å²) >= 11 is 0. The Morgan fingerprint density at radius 3 is 2.43 bits per heavy atom. The lowest BCUT2D eigenvalue weighted by Crippen LogP contribution is -2.32. The fraction of sp³-hybridized carbons (Fsp3) is 0.389. The highest BCUT2D eigenvalue weighted by Gasteiger charge is 2.22. The number of ether oxygens (including phenoxy) is 1. The zero-order valence-electron chi connectivity index (χ0n) is 14.2. The molecule has 1 aromatic carbocycles. The summed E-state index contributed by atoms with van der Waals surface area (Å²) in [4.78, 5) is 24.0. The maximum Gasteiger partial charge on any atom is 0.330 e. The molecule has 23 heavy (non-hydrogen) atoms. The molecule has 122 valence electrons. The topological polar surface area (TPSA) is 61.2 Å². The number of nitrogens with zero attached hydrogens (tertiary/aromatic N) is 2. The molecule has 0 saturated carbocycles. The van der Waals surface area contributed by atoms with Crippen LogP contribution in [0.1, 0.15) is 36.1 Å². The van der Waals surface area contributed by atoms with Crippen molar-refractivity contribution >= 4 is 5.97 Å². The number of carbonyl (C=O) groups is 1. The van der Waals surface area contributed by atoms with Gasteiger partial charge in [-0.05, 0) is 56.0 Å². The van der Waals surface area contributed by atoms with Crippen molar-refractivity contribution in [2.24, 2.45) is 0 Å². The Kier molecular flexibility index (Phi) is 4.98. The molecule has 2 aromatic rings. The number of aryl methyl sites for hydroxylation is 3. The van der Waals surface area contributed by atoms with Crippen LogP contribution in [0, 0.1) is 20.8 Å². The Morgan fingerprint density at radius 1 is 1.17 bits per heavy atom. The van der Waals surface area contributed by atoms with Crippen molar-refractivity contribution in [2.45, 2.75) is 40.2 Å². The Bertz CT molecular complexity index is 793. The largest absolute Gasteiger partial charge is 0.467 e. The summed E-state index contributed by atoms with van der Waals surface area (Å²) in [6, 6.07) is 6.59. The second kappa shape index (κ2) is 6.77. The molecule has 0 fully saturated rings. The summed E-state index contributed by atoms with van der Waals surface area (Å²) in [6.07, 6.45) is 0.439. The minimum Gasteiger partial charge on any atom is -0.467 e. The van der Waals surface area contributed by atoms with E-state index >= 15 is 0 Å². The lowest BCUT2D eigenvalue weighted by molar-refractivity contribution is -0.145. The van der Waals surface area contributed by atoms with E-state index in [9.17, 15) is 9.59 Å². The van der Waals surface area contributed by atoms with Gasteiger partial charge in [0.2, 0.25) is 0 Å². The van der Waals surface area contributed by atoms with Crippen LogP contribution >= 0.6 is 0 Å². The molecular weight excluding hydrogens is 292 g/mol. The van der Waals surface area contributed by atoms with Crippen LogP contribution in [0.25, 0.3) is 11.3 Å². The van der Waals surface area contributed by atoms with E-state index in [0.29, 0.717) is 12.1 Å². The monoisotopic (exact) mass is 314 g/mol. The quantitative estimate of drug-likeness (QED) is 0.814. The molecule has 0 spiro atoms. The molecule has 0 unspecified atom stereocenters. The summed E-state index contributed by atoms with van der Waals surface area (Å²) in [6.45, 7) is 7.93. The molecule has 0 amide bonds. The number of carbonyl (C=O) groups excluding carboxylic acids is 1. The summed E-state index contributed by atoms with van der Waals surface area (Å²) in [7, 11) is 1.31. The molecule has 0 aliphatic rings. The molecule has 0 aliphatic carbocycles. The summed E-state index contributed by atoms with van der Waals surface area (Å²) in [5.41, 5.74) is 4.77. The highest BCUT2D eigenvalue weighted by molar-refractivity contribution is 5.74. The van der Waals surface area contributed by atoms with E-state index in [1.807, 2.05) is 20.8 Å². The van der Waals surface area contributed by atoms with E-state index in [4.69, 9.17) is 4.74 Å². The van der Waals surface area contributed by atoms with Crippen LogP contribution in [0.5, 0.6) is 0 Å². The molecule has 1 heterocycles. The number of hydrogen-bond donors (Lipinski definition) is 0. The van der Waals surface area contributed by atoms with Gasteiger partial charge in [-0.2, -0.15) is 5.10 Å². The SMILES string of the molecule is CC[C@@H](C(=O)OC)n1nc(-c2cc(C)c(C)cc2C)ccc1=O. The highest BCUT2D eigenvalue weighted by Crippen LogP contribution is 2.24. The second-order valence-corrected chi connectivity index (χ2v) is 5.70. The third-order valence-electron chi connectivity index (χ3n) is 4.10. The molecule has 0 aliphatic heterocycles. The van der Waals surface area contributed by atoms with Crippen LogP contribution in [-0.4, -0.2) is 22.9 Å². The van der Waals surface area contributed by atoms with Gasteiger partial charge in [-0.25, -0.2) is 9.48 Å². The first-order chi connectivity index (χ1) is 10.9. The summed E-state index contributed by atoms with van der Waals surface area (Å²) in [5.74, 6) is -0.462. The van der Waals surface area contributed by atoms with Gasteiger partial charge in [-0.15, -0.1) is 0 Å². The van der Waals surface area contributed by atoms with Crippen molar-refractivity contribution in [2.75, 3.05) is 7.11 Å². The first kappa shape index (κ1) is 16.9. The van der Waals surface area contributed by atoms with Crippen LogP contribution in [0.3, 0.4) is 0 Å². The lowest BCUT2D eigenvalue weighted by Gasteiger charge is -2.16. The van der Waals surface area contributed by atoms with Crippen LogP contribution < -0.4 is 5.56 Å². The fourth-order valence-electron chi connectivity index (χ4n) is 2.60. The number of rotatable bonds is 4. The molecule has 2 rings (SSSR count). The second-order valence-electron chi connectivity index (χ2n) is 5.70. The van der Waals surface area contributed by atoms with Gasteiger partial charge in [0.1, 0.15) is 0 Å². The Morgan fingerprint density at radius 2 is 1.83 bits per heavy atom. The molecule has 0 saturated heterocycles. The lowest BCUT2D eigenvalue weighted by atomic mass is 9.99. The van der Waals surface area contributed by atoms with E-state index in [2.05, 4.69) is 24.2 Å². The molecule has 1 aromatic heterocycles. The maximum atomic E-state index is 12.1. The predicted molar refractivity (Wildman–Crippen MR) is 89.5 cm³/mol. The first-order valence-corrected chi connectivity index (χ1v) is 7.65. The van der Waals surface area contributed by atoms with E-state index in [1.54, 1.807) is 6.07 Å². The van der Waals surface area contributed by atoms with Gasteiger partial charge in [0.25, 0.3) is 5.56 Å². The third-order valence-corrected chi connectivity index (χ3v) is 4.10. The van der Waals surface area contributed by atoms with Crippen LogP contribution in [-0.2, 0) is 9.53 Å². The summed E-state index contributed by atoms with van der Waals surface area (Å²) < 4.78 is 6.00. The van der Waals surface area contributed by atoms with Crippen LogP contribution in [0.4, 0.5) is 0 Å². The molecule has 1 atom stereocenters. The van der Waals surface area contributed by atoms with Gasteiger partial charge in [0, 0.05) is 11.6 Å². The van der Waals surface area contributed by atoms with Crippen molar-refractivity contribution in [3.05, 3.63) is 51.3 Å². The standard InChI is InChI=1S/C18H22N2O3/c1-6-16(18(22)23-5)20-17(21)8-7-15(19-20)14-10-12(3)11(2)9-13(14)4/h7-10,16H,6H2,1-5H3/t16-/m0/s1. The molecule has 0 bridgehead atoms. The Hall–Kier alpha value is -2.43. The molecule has 5 heteroatoms. The normalized spacial score (nSPS) is 12.0. The van der Waals surface area contributed by atoms with Crippen LogP contribution in [0.2, 0.25) is 0 Å². The number of methoxy groups -OCH3 is 1. The van der Waals surface area contributed by atoms with E-state index in [0.717, 1.165) is 16.7 Å². The number of benzene rings is 1. The van der Waals surface area contributed by atoms with Gasteiger partial charge in [0.15, 0.2) is 6.04 Å². The van der Waals surface area contributed by atoms with E-state index in [-0.39, 0.29) is 5.56 Å². The predicted octanol–water partition coefficient (Wildman–Crippen LogP) is 2.96. The van der Waals surface area contributed by atoms with Gasteiger partial charge in [-0.3, -0.25) is 4.79 Å². The molecule has 5 nitrogen and oxygen atoms in total. The Balaban J connectivity index is 2.59. The average Bonchev–Trinajstić information content (AvgIpc) is 2.53. The van der Waals surface area contributed by atoms with E-state index in [1.165, 1.54) is 23.4 Å². The number of esters is 1. The zero-order valence-corrected chi connectivity index (χ0v) is 14.2. The average molecular weight is 314 g/mol. The van der Waals surface area contributed by atoms with Crippen molar-refractivity contribution in [3.63, 3.8) is 0 Å². The van der Waals surface area contributed by atoms with Crippen molar-refractivity contribution in [1.29, 1.82) is 0 Å². The number of hydrogen-bond acceptors (Lipinski definition) is 4. The Labute approximate surface area is 135 Å². The van der Waals surface area contributed by atoms with Gasteiger partial charge in [-0.1, -0.05) is 13.0 Å². The minimum absolute atomic E-state index is 0.313. The van der Waals surface area contributed by atoms with Crippen molar-refractivity contribution in [3.8, 4) is 11.3 Å².